The van der Waals surface area contributed by atoms with Gasteiger partial charge in [0.15, 0.2) is 0 Å². The number of carbonyl (C=O) groups excluding carboxylic acids is 1. The molecule has 156 valence electrons. The number of aromatic nitrogens is 1. The molecule has 0 aliphatic heterocycles. The Morgan fingerprint density at radius 2 is 1.72 bits per heavy atom. The molecule has 1 amide bonds. The fraction of sp³-hybridized carbons (Fsp3) is 0.583. The Labute approximate surface area is 174 Å². The molecule has 2 aromatic rings. The predicted octanol–water partition coefficient (Wildman–Crippen LogP) is 4.72. The highest BCUT2D eigenvalue weighted by Crippen LogP contribution is 2.30. The number of fused-ring (bicyclic) bond motifs is 1. The van der Waals surface area contributed by atoms with Crippen LogP contribution >= 0.6 is 0 Å². The fourth-order valence-electron chi connectivity index (χ4n) is 4.96. The second-order valence-corrected chi connectivity index (χ2v) is 9.05. The van der Waals surface area contributed by atoms with E-state index in [2.05, 4.69) is 53.9 Å². The number of benzene rings is 1. The number of anilines is 2. The van der Waals surface area contributed by atoms with Crippen molar-refractivity contribution in [1.29, 1.82) is 0 Å². The van der Waals surface area contributed by atoms with Crippen LogP contribution in [0.1, 0.15) is 57.8 Å². The summed E-state index contributed by atoms with van der Waals surface area (Å²) in [6.07, 6.45) is 10.0. The Bertz CT molecular complexity index is 836. The summed E-state index contributed by atoms with van der Waals surface area (Å²) in [4.78, 5) is 19.3. The smallest absolute Gasteiger partial charge is 0.220 e. The average Bonchev–Trinajstić information content (AvgIpc) is 3.21. The van der Waals surface area contributed by atoms with Crippen LogP contribution in [0.15, 0.2) is 30.3 Å². The molecule has 2 fully saturated rings. The summed E-state index contributed by atoms with van der Waals surface area (Å²) in [5.74, 6) is 1.83. The largest absolute Gasteiger partial charge is 0.377 e. The zero-order chi connectivity index (χ0) is 20.2. The molecule has 0 spiro atoms. The molecule has 5 nitrogen and oxygen atoms in total. The molecular weight excluding hydrogens is 360 g/mol. The topological polar surface area (TPSA) is 57.3 Å². The first-order valence-corrected chi connectivity index (χ1v) is 11.2. The van der Waals surface area contributed by atoms with Crippen molar-refractivity contribution < 1.29 is 4.79 Å². The van der Waals surface area contributed by atoms with Crippen molar-refractivity contribution in [3.8, 4) is 0 Å². The van der Waals surface area contributed by atoms with E-state index < -0.39 is 0 Å². The van der Waals surface area contributed by atoms with Crippen molar-refractivity contribution in [1.82, 2.24) is 10.3 Å². The van der Waals surface area contributed by atoms with Gasteiger partial charge in [-0.3, -0.25) is 4.79 Å². The summed E-state index contributed by atoms with van der Waals surface area (Å²) < 4.78 is 0. The number of para-hydroxylation sites is 1. The van der Waals surface area contributed by atoms with Crippen LogP contribution in [0.2, 0.25) is 0 Å². The average molecular weight is 395 g/mol. The molecule has 1 aromatic heterocycles. The van der Waals surface area contributed by atoms with Gasteiger partial charge in [0.05, 0.1) is 5.52 Å². The molecular formula is C24H34N4O. The van der Waals surface area contributed by atoms with E-state index in [0.717, 1.165) is 43.4 Å². The van der Waals surface area contributed by atoms with E-state index in [9.17, 15) is 4.79 Å². The van der Waals surface area contributed by atoms with Crippen LogP contribution in [0, 0.1) is 5.92 Å². The fourth-order valence-corrected chi connectivity index (χ4v) is 4.96. The summed E-state index contributed by atoms with van der Waals surface area (Å²) in [6, 6.07) is 11.2. The van der Waals surface area contributed by atoms with Crippen LogP contribution in [0.5, 0.6) is 0 Å². The van der Waals surface area contributed by atoms with E-state index in [1.807, 2.05) is 6.07 Å². The molecule has 2 saturated carbocycles. The van der Waals surface area contributed by atoms with Crippen molar-refractivity contribution in [2.24, 2.45) is 5.92 Å². The maximum Gasteiger partial charge on any atom is 0.220 e. The zero-order valence-corrected chi connectivity index (χ0v) is 17.8. The highest BCUT2D eigenvalue weighted by molar-refractivity contribution is 5.93. The van der Waals surface area contributed by atoms with Crippen molar-refractivity contribution in [2.45, 2.75) is 69.9 Å². The number of hydrogen-bond donors (Lipinski definition) is 2. The molecule has 2 aliphatic rings. The SMILES string of the molecule is CN(C)c1cc(N[C@H]2CC[C@@H](NC(=O)CC3CCCC3)CC2)nc2ccccc12. The lowest BCUT2D eigenvalue weighted by Gasteiger charge is -2.30. The van der Waals surface area contributed by atoms with Gasteiger partial charge >= 0.3 is 0 Å². The number of rotatable bonds is 6. The maximum atomic E-state index is 12.3. The number of hydrogen-bond acceptors (Lipinski definition) is 4. The van der Waals surface area contributed by atoms with Gasteiger partial charge in [-0.15, -0.1) is 0 Å². The lowest BCUT2D eigenvalue weighted by molar-refractivity contribution is -0.122. The lowest BCUT2D eigenvalue weighted by atomic mass is 9.90. The van der Waals surface area contributed by atoms with E-state index in [0.29, 0.717) is 18.0 Å². The Morgan fingerprint density at radius 3 is 2.45 bits per heavy atom. The molecule has 0 bridgehead atoms. The highest BCUT2D eigenvalue weighted by Gasteiger charge is 2.25. The normalized spacial score (nSPS) is 22.6. The third-order valence-electron chi connectivity index (χ3n) is 6.57. The quantitative estimate of drug-likeness (QED) is 0.744. The minimum Gasteiger partial charge on any atom is -0.377 e. The lowest BCUT2D eigenvalue weighted by Crippen LogP contribution is -2.40. The van der Waals surface area contributed by atoms with Crippen LogP contribution in [0.4, 0.5) is 11.5 Å². The Hall–Kier alpha value is -2.30. The summed E-state index contributed by atoms with van der Waals surface area (Å²) in [5.41, 5.74) is 2.21. The standard InChI is InChI=1S/C24H34N4O/c1-28(2)22-16-23(27-21-10-6-5-9-20(21)22)25-18-11-13-19(14-12-18)26-24(29)15-17-7-3-4-8-17/h5-6,9-10,16-19H,3-4,7-8,11-15H2,1-2H3,(H,25,27)(H,26,29)/t18-,19+. The Morgan fingerprint density at radius 1 is 1.03 bits per heavy atom. The van der Waals surface area contributed by atoms with Crippen molar-refractivity contribution in [2.75, 3.05) is 24.3 Å². The molecule has 5 heteroatoms. The van der Waals surface area contributed by atoms with Gasteiger partial charge in [-0.2, -0.15) is 0 Å². The molecule has 1 heterocycles. The monoisotopic (exact) mass is 394 g/mol. The van der Waals surface area contributed by atoms with E-state index in [4.69, 9.17) is 4.98 Å². The van der Waals surface area contributed by atoms with Crippen molar-refractivity contribution >= 4 is 28.3 Å². The number of nitrogens with zero attached hydrogens (tertiary/aromatic N) is 2. The van der Waals surface area contributed by atoms with E-state index >= 15 is 0 Å². The number of nitrogens with one attached hydrogen (secondary N) is 2. The summed E-state index contributed by atoms with van der Waals surface area (Å²) in [5, 5.41) is 8.12. The first-order chi connectivity index (χ1) is 14.1. The van der Waals surface area contributed by atoms with E-state index in [-0.39, 0.29) is 5.91 Å². The molecule has 0 atom stereocenters. The third-order valence-corrected chi connectivity index (χ3v) is 6.57. The van der Waals surface area contributed by atoms with Crippen LogP contribution in [0.3, 0.4) is 0 Å². The van der Waals surface area contributed by atoms with Gasteiger partial charge in [0.25, 0.3) is 0 Å². The molecule has 1 aromatic carbocycles. The molecule has 2 aliphatic carbocycles. The van der Waals surface area contributed by atoms with Crippen LogP contribution in [0.25, 0.3) is 10.9 Å². The van der Waals surface area contributed by atoms with Gasteiger partial charge in [-0.25, -0.2) is 4.98 Å². The molecule has 0 saturated heterocycles. The van der Waals surface area contributed by atoms with Gasteiger partial charge in [-0.1, -0.05) is 31.0 Å². The van der Waals surface area contributed by atoms with Gasteiger partial charge in [-0.05, 0) is 50.5 Å². The van der Waals surface area contributed by atoms with E-state index in [1.165, 1.54) is 36.8 Å². The molecule has 29 heavy (non-hydrogen) atoms. The number of carbonyl (C=O) groups is 1. The van der Waals surface area contributed by atoms with E-state index in [1.54, 1.807) is 0 Å². The van der Waals surface area contributed by atoms with Gasteiger partial charge in [0.1, 0.15) is 5.82 Å². The maximum absolute atomic E-state index is 12.3. The molecule has 0 radical (unpaired) electrons. The Kier molecular flexibility index (Phi) is 6.22. The minimum atomic E-state index is 0.264. The number of pyridine rings is 1. The first-order valence-electron chi connectivity index (χ1n) is 11.2. The molecule has 4 rings (SSSR count). The van der Waals surface area contributed by atoms with Crippen molar-refractivity contribution in [3.05, 3.63) is 30.3 Å². The predicted molar refractivity (Wildman–Crippen MR) is 120 cm³/mol. The highest BCUT2D eigenvalue weighted by atomic mass is 16.1. The second-order valence-electron chi connectivity index (χ2n) is 9.05. The summed E-state index contributed by atoms with van der Waals surface area (Å²) >= 11 is 0. The third kappa shape index (κ3) is 5.01. The van der Waals surface area contributed by atoms with Gasteiger partial charge < -0.3 is 15.5 Å². The first kappa shape index (κ1) is 20.0. The van der Waals surface area contributed by atoms with Gasteiger partial charge in [0.2, 0.25) is 5.91 Å². The number of amides is 1. The summed E-state index contributed by atoms with van der Waals surface area (Å²) in [6.45, 7) is 0. The van der Waals surface area contributed by atoms with Crippen LogP contribution < -0.4 is 15.5 Å². The molecule has 2 N–H and O–H groups in total. The summed E-state index contributed by atoms with van der Waals surface area (Å²) in [7, 11) is 4.15. The Balaban J connectivity index is 1.32. The van der Waals surface area contributed by atoms with Crippen LogP contribution in [-0.4, -0.2) is 37.1 Å². The van der Waals surface area contributed by atoms with Crippen LogP contribution in [-0.2, 0) is 4.79 Å². The minimum absolute atomic E-state index is 0.264. The zero-order valence-electron chi connectivity index (χ0n) is 17.8. The van der Waals surface area contributed by atoms with Crippen molar-refractivity contribution in [3.63, 3.8) is 0 Å². The van der Waals surface area contributed by atoms with Gasteiger partial charge in [0, 0.05) is 49.7 Å². The molecule has 0 unspecified atom stereocenters. The second kappa shape index (κ2) is 9.02.